The predicted octanol–water partition coefficient (Wildman–Crippen LogP) is 7.07. The second-order valence-electron chi connectivity index (χ2n) is 8.73. The second kappa shape index (κ2) is 11.2. The Balaban J connectivity index is 1.73. The van der Waals surface area contributed by atoms with Crippen molar-refractivity contribution in [3.8, 4) is 11.5 Å². The summed E-state index contributed by atoms with van der Waals surface area (Å²) in [6.07, 6.45) is 3.38. The molecule has 0 radical (unpaired) electrons. The van der Waals surface area contributed by atoms with E-state index in [1.54, 1.807) is 31.2 Å². The molecule has 34 heavy (non-hydrogen) atoms. The average Bonchev–Trinajstić information content (AvgIpc) is 2.85. The highest BCUT2D eigenvalue weighted by Gasteiger charge is 2.30. The summed E-state index contributed by atoms with van der Waals surface area (Å²) in [5.41, 5.74) is 1.78. The third-order valence-electron chi connectivity index (χ3n) is 6.35. The number of ether oxygens (including phenoxy) is 2. The van der Waals surface area contributed by atoms with Gasteiger partial charge < -0.3 is 9.47 Å². The number of piperidine rings is 1. The Morgan fingerprint density at radius 3 is 2.44 bits per heavy atom. The minimum atomic E-state index is -0.649. The molecule has 1 aliphatic rings. The van der Waals surface area contributed by atoms with Crippen molar-refractivity contribution in [2.45, 2.75) is 52.3 Å². The Morgan fingerprint density at radius 2 is 1.76 bits per heavy atom. The number of para-hydroxylation sites is 1. The normalized spacial score (nSPS) is 16.3. The van der Waals surface area contributed by atoms with Gasteiger partial charge in [-0.25, -0.2) is 9.18 Å². The second-order valence-corrected chi connectivity index (χ2v) is 9.52. The summed E-state index contributed by atoms with van der Waals surface area (Å²) in [7, 11) is 0. The van der Waals surface area contributed by atoms with Crippen LogP contribution in [0.25, 0.3) is 0 Å². The van der Waals surface area contributed by atoms with Crippen LogP contribution in [0.5, 0.6) is 11.5 Å². The third kappa shape index (κ3) is 5.50. The first-order valence-corrected chi connectivity index (χ1v) is 12.4. The highest BCUT2D eigenvalue weighted by atomic mass is 79.9. The maximum atomic E-state index is 15.7. The highest BCUT2D eigenvalue weighted by Crippen LogP contribution is 2.40. The van der Waals surface area contributed by atoms with E-state index >= 15 is 4.39 Å². The number of likely N-dealkylation sites (tertiary alicyclic amines) is 1. The molecule has 0 unspecified atom stereocenters. The lowest BCUT2D eigenvalue weighted by Crippen LogP contribution is -2.37. The Labute approximate surface area is 208 Å². The molecule has 0 saturated carbocycles. The van der Waals surface area contributed by atoms with Crippen molar-refractivity contribution >= 4 is 21.9 Å². The zero-order valence-corrected chi connectivity index (χ0v) is 21.1. The minimum absolute atomic E-state index is 0.0969. The monoisotopic (exact) mass is 525 g/mol. The Bertz CT molecular complexity index is 1140. The molecule has 4 rings (SSSR count). The molecule has 0 spiro atoms. The van der Waals surface area contributed by atoms with Crippen LogP contribution >= 0.6 is 15.9 Å². The van der Waals surface area contributed by atoms with Gasteiger partial charge in [0.1, 0.15) is 29.5 Å². The van der Waals surface area contributed by atoms with Gasteiger partial charge in [0.15, 0.2) is 0 Å². The molecule has 1 saturated heterocycles. The Kier molecular flexibility index (Phi) is 8.01. The van der Waals surface area contributed by atoms with Gasteiger partial charge >= 0.3 is 5.97 Å². The van der Waals surface area contributed by atoms with Crippen molar-refractivity contribution in [2.24, 2.45) is 0 Å². The van der Waals surface area contributed by atoms with Gasteiger partial charge in [-0.2, -0.15) is 0 Å². The van der Waals surface area contributed by atoms with Gasteiger partial charge in [-0.1, -0.05) is 55.0 Å². The number of carbonyl (C=O) groups is 1. The van der Waals surface area contributed by atoms with Crippen molar-refractivity contribution in [3.05, 3.63) is 93.2 Å². The average molecular weight is 526 g/mol. The van der Waals surface area contributed by atoms with Crippen molar-refractivity contribution in [1.29, 1.82) is 0 Å². The molecular weight excluding hydrogens is 497 g/mol. The summed E-state index contributed by atoms with van der Waals surface area (Å²) < 4.78 is 27.9. The van der Waals surface area contributed by atoms with Crippen LogP contribution in [0.2, 0.25) is 0 Å². The van der Waals surface area contributed by atoms with Crippen molar-refractivity contribution < 1.29 is 18.7 Å². The first-order chi connectivity index (χ1) is 16.5. The molecule has 6 heteroatoms. The molecule has 3 aromatic rings. The molecule has 0 N–H and O–H groups in total. The van der Waals surface area contributed by atoms with Crippen molar-refractivity contribution in [1.82, 2.24) is 4.90 Å². The Hall–Kier alpha value is -2.70. The quantitative estimate of drug-likeness (QED) is 0.244. The molecule has 178 valence electrons. The molecule has 3 aromatic carbocycles. The zero-order chi connectivity index (χ0) is 24.1. The fraction of sp³-hybridized carbons (Fsp3) is 0.321. The SMILES string of the molecule is Cc1c(F)c(CN2CCCC[C@@H]2C)c(Br)c(OCc2ccccc2)c1C(=O)Oc1ccccc1. The summed E-state index contributed by atoms with van der Waals surface area (Å²) in [6, 6.07) is 18.8. The fourth-order valence-corrected chi connectivity index (χ4v) is 4.95. The Morgan fingerprint density at radius 1 is 1.09 bits per heavy atom. The van der Waals surface area contributed by atoms with Crippen LogP contribution in [0, 0.1) is 12.7 Å². The van der Waals surface area contributed by atoms with E-state index in [2.05, 4.69) is 27.8 Å². The first kappa shape index (κ1) is 24.4. The van der Waals surface area contributed by atoms with E-state index in [0.717, 1.165) is 24.9 Å². The molecule has 0 aromatic heterocycles. The molecule has 1 fully saturated rings. The number of carbonyl (C=O) groups excluding carboxylic acids is 1. The number of halogens is 2. The van der Waals surface area contributed by atoms with E-state index < -0.39 is 11.8 Å². The van der Waals surface area contributed by atoms with Crippen LogP contribution < -0.4 is 9.47 Å². The summed E-state index contributed by atoms with van der Waals surface area (Å²) in [5, 5.41) is 0. The number of benzene rings is 3. The highest BCUT2D eigenvalue weighted by molar-refractivity contribution is 9.10. The fourth-order valence-electron chi connectivity index (χ4n) is 4.34. The summed E-state index contributed by atoms with van der Waals surface area (Å²) >= 11 is 3.59. The van der Waals surface area contributed by atoms with Crippen LogP contribution in [-0.4, -0.2) is 23.5 Å². The van der Waals surface area contributed by atoms with E-state index in [4.69, 9.17) is 9.47 Å². The predicted molar refractivity (Wildman–Crippen MR) is 135 cm³/mol. The van der Waals surface area contributed by atoms with Crippen LogP contribution in [-0.2, 0) is 13.2 Å². The van der Waals surface area contributed by atoms with Gasteiger partial charge in [0.05, 0.1) is 4.47 Å². The summed E-state index contributed by atoms with van der Waals surface area (Å²) in [5.74, 6) is -0.354. The van der Waals surface area contributed by atoms with Gasteiger partial charge in [-0.15, -0.1) is 0 Å². The lowest BCUT2D eigenvalue weighted by atomic mass is 9.99. The molecule has 1 atom stereocenters. The molecular formula is C28H29BrFNO3. The maximum absolute atomic E-state index is 15.7. The zero-order valence-electron chi connectivity index (χ0n) is 19.5. The molecule has 4 nitrogen and oxygen atoms in total. The number of hydrogen-bond donors (Lipinski definition) is 0. The third-order valence-corrected chi connectivity index (χ3v) is 7.18. The summed E-state index contributed by atoms with van der Waals surface area (Å²) in [6.45, 7) is 5.40. The van der Waals surface area contributed by atoms with Crippen LogP contribution in [0.4, 0.5) is 4.39 Å². The number of rotatable bonds is 7. The number of hydrogen-bond acceptors (Lipinski definition) is 4. The van der Waals surface area contributed by atoms with Crippen LogP contribution in [0.15, 0.2) is 65.1 Å². The molecule has 1 aliphatic heterocycles. The number of esters is 1. The van der Waals surface area contributed by atoms with E-state index in [0.29, 0.717) is 34.1 Å². The molecule has 1 heterocycles. The lowest BCUT2D eigenvalue weighted by Gasteiger charge is -2.34. The van der Waals surface area contributed by atoms with Crippen LogP contribution in [0.1, 0.15) is 53.2 Å². The molecule has 0 amide bonds. The van der Waals surface area contributed by atoms with E-state index in [9.17, 15) is 4.79 Å². The van der Waals surface area contributed by atoms with Gasteiger partial charge in [0.2, 0.25) is 0 Å². The first-order valence-electron chi connectivity index (χ1n) is 11.6. The summed E-state index contributed by atoms with van der Waals surface area (Å²) in [4.78, 5) is 15.5. The smallest absolute Gasteiger partial charge is 0.347 e. The standard InChI is InChI=1S/C28H29BrFNO3/c1-19-11-9-10-16-31(19)17-23-25(29)27(33-18-21-12-5-3-6-13-21)24(20(2)26(23)30)28(32)34-22-14-7-4-8-15-22/h3-8,12-15,19H,9-11,16-18H2,1-2H3/t19-/m0/s1. The van der Waals surface area contributed by atoms with E-state index in [1.165, 1.54) is 6.42 Å². The maximum Gasteiger partial charge on any atom is 0.347 e. The van der Waals surface area contributed by atoms with Crippen molar-refractivity contribution in [2.75, 3.05) is 6.54 Å². The molecule has 0 aliphatic carbocycles. The minimum Gasteiger partial charge on any atom is -0.487 e. The van der Waals surface area contributed by atoms with Crippen LogP contribution in [0.3, 0.4) is 0 Å². The topological polar surface area (TPSA) is 38.8 Å². The number of nitrogens with zero attached hydrogens (tertiary/aromatic N) is 1. The lowest BCUT2D eigenvalue weighted by molar-refractivity contribution is 0.0727. The van der Waals surface area contributed by atoms with E-state index in [1.807, 2.05) is 36.4 Å². The van der Waals surface area contributed by atoms with Gasteiger partial charge in [0.25, 0.3) is 0 Å². The van der Waals surface area contributed by atoms with Crippen molar-refractivity contribution in [3.63, 3.8) is 0 Å². The largest absolute Gasteiger partial charge is 0.487 e. The van der Waals surface area contributed by atoms with E-state index in [-0.39, 0.29) is 17.7 Å². The van der Waals surface area contributed by atoms with Gasteiger partial charge in [0, 0.05) is 23.7 Å². The molecule has 0 bridgehead atoms. The van der Waals surface area contributed by atoms with Gasteiger partial charge in [-0.05, 0) is 66.9 Å². The van der Waals surface area contributed by atoms with Gasteiger partial charge in [-0.3, -0.25) is 4.90 Å².